The Morgan fingerprint density at radius 1 is 1.46 bits per heavy atom. The highest BCUT2D eigenvalue weighted by atomic mass is 35.5. The maximum absolute atomic E-state index is 11.3. The van der Waals surface area contributed by atoms with Crippen LogP contribution in [0.2, 0.25) is 0 Å². The molecule has 1 atom stereocenters. The van der Waals surface area contributed by atoms with Crippen molar-refractivity contribution in [1.29, 1.82) is 0 Å². The van der Waals surface area contributed by atoms with E-state index < -0.39 is 5.56 Å². The van der Waals surface area contributed by atoms with Crippen LogP contribution in [0.15, 0.2) is 30.3 Å². The van der Waals surface area contributed by atoms with E-state index >= 15 is 0 Å². The number of hydrogen-bond donors (Lipinski definition) is 0. The van der Waals surface area contributed by atoms with Crippen LogP contribution in [0, 0.1) is 0 Å². The van der Waals surface area contributed by atoms with E-state index in [4.69, 9.17) is 16.3 Å². The van der Waals surface area contributed by atoms with Crippen molar-refractivity contribution in [3.8, 4) is 0 Å². The number of carbonyl (C=O) groups is 1. The molecule has 70 valence electrons. The summed E-state index contributed by atoms with van der Waals surface area (Å²) in [7, 11) is 0. The number of hydrogen-bond acceptors (Lipinski definition) is 2. The third-order valence-corrected chi connectivity index (χ3v) is 1.96. The number of ether oxygens (including phenoxy) is 1. The van der Waals surface area contributed by atoms with Gasteiger partial charge in [-0.3, -0.25) is 0 Å². The average Bonchev–Trinajstić information content (AvgIpc) is 2.19. The van der Waals surface area contributed by atoms with Crippen LogP contribution in [-0.2, 0) is 4.74 Å². The van der Waals surface area contributed by atoms with Crippen molar-refractivity contribution in [2.45, 2.75) is 18.9 Å². The highest BCUT2D eigenvalue weighted by molar-refractivity contribution is 6.20. The highest BCUT2D eigenvalue weighted by Gasteiger charge is 2.10. The molecule has 0 unspecified atom stereocenters. The predicted octanol–water partition coefficient (Wildman–Crippen LogP) is 2.82. The molecule has 0 saturated heterocycles. The van der Waals surface area contributed by atoms with Gasteiger partial charge < -0.3 is 4.74 Å². The smallest absolute Gasteiger partial charge is 0.339 e. The Hall–Kier alpha value is -1.02. The van der Waals surface area contributed by atoms with E-state index in [1.165, 1.54) is 0 Å². The first-order valence-corrected chi connectivity index (χ1v) is 4.57. The molecule has 0 heterocycles. The lowest BCUT2D eigenvalue weighted by Gasteiger charge is -2.08. The fraction of sp³-hybridized carbons (Fsp3) is 0.300. The molecule has 0 aliphatic carbocycles. The van der Waals surface area contributed by atoms with Crippen molar-refractivity contribution in [2.75, 3.05) is 0 Å². The van der Waals surface area contributed by atoms with E-state index in [1.54, 1.807) is 24.3 Å². The second kappa shape index (κ2) is 4.87. The van der Waals surface area contributed by atoms with Gasteiger partial charge in [0.05, 0.1) is 5.56 Å². The molecule has 0 aliphatic rings. The van der Waals surface area contributed by atoms with Gasteiger partial charge in [-0.25, -0.2) is 4.79 Å². The molecule has 1 aromatic rings. The van der Waals surface area contributed by atoms with Gasteiger partial charge in [-0.2, -0.15) is 0 Å². The summed E-state index contributed by atoms with van der Waals surface area (Å²) in [5.74, 6) is -0.373. The van der Waals surface area contributed by atoms with Crippen molar-refractivity contribution in [3.05, 3.63) is 35.9 Å². The third-order valence-electron chi connectivity index (χ3n) is 1.57. The molecule has 13 heavy (non-hydrogen) atoms. The average molecular weight is 199 g/mol. The molecule has 0 fully saturated rings. The van der Waals surface area contributed by atoms with Crippen LogP contribution < -0.4 is 0 Å². The second-order valence-corrected chi connectivity index (χ2v) is 3.08. The van der Waals surface area contributed by atoms with E-state index in [2.05, 4.69) is 0 Å². The van der Waals surface area contributed by atoms with Gasteiger partial charge in [-0.05, 0) is 18.6 Å². The molecule has 2 nitrogen and oxygen atoms in total. The fourth-order valence-corrected chi connectivity index (χ4v) is 0.923. The summed E-state index contributed by atoms with van der Waals surface area (Å²) >= 11 is 5.67. The molecule has 0 radical (unpaired) electrons. The number of alkyl halides is 1. The lowest BCUT2D eigenvalue weighted by Crippen LogP contribution is -2.11. The summed E-state index contributed by atoms with van der Waals surface area (Å²) in [4.78, 5) is 11.3. The monoisotopic (exact) mass is 198 g/mol. The van der Waals surface area contributed by atoms with E-state index in [0.717, 1.165) is 0 Å². The normalized spacial score (nSPS) is 12.2. The first-order valence-electron chi connectivity index (χ1n) is 4.14. The largest absolute Gasteiger partial charge is 0.442 e. The molecule has 0 N–H and O–H groups in total. The molecule has 0 aliphatic heterocycles. The van der Waals surface area contributed by atoms with Crippen LogP contribution in [0.25, 0.3) is 0 Å². The SMILES string of the molecule is CC[C@@H](Cl)OC(=O)c1ccccc1. The zero-order chi connectivity index (χ0) is 9.68. The Labute approximate surface area is 82.5 Å². The van der Waals surface area contributed by atoms with Crippen LogP contribution in [0.3, 0.4) is 0 Å². The third kappa shape index (κ3) is 3.07. The lowest BCUT2D eigenvalue weighted by molar-refractivity contribution is 0.0443. The number of esters is 1. The van der Waals surface area contributed by atoms with E-state index in [-0.39, 0.29) is 5.97 Å². The summed E-state index contributed by atoms with van der Waals surface area (Å²) in [5, 5.41) is 0. The Kier molecular flexibility index (Phi) is 3.77. The van der Waals surface area contributed by atoms with Crippen LogP contribution in [-0.4, -0.2) is 11.5 Å². The van der Waals surface area contributed by atoms with Gasteiger partial charge in [0.25, 0.3) is 0 Å². The first kappa shape index (κ1) is 10.1. The molecule has 0 saturated carbocycles. The maximum atomic E-state index is 11.3. The Morgan fingerprint density at radius 3 is 2.62 bits per heavy atom. The van der Waals surface area contributed by atoms with Crippen LogP contribution >= 0.6 is 11.6 Å². The number of rotatable bonds is 3. The van der Waals surface area contributed by atoms with Crippen LogP contribution in [0.5, 0.6) is 0 Å². The second-order valence-electron chi connectivity index (χ2n) is 2.59. The van der Waals surface area contributed by atoms with Gasteiger partial charge in [0.2, 0.25) is 0 Å². The van der Waals surface area contributed by atoms with Gasteiger partial charge in [-0.1, -0.05) is 36.7 Å². The summed E-state index contributed by atoms with van der Waals surface area (Å²) in [5.41, 5.74) is -0.00527. The highest BCUT2D eigenvalue weighted by Crippen LogP contribution is 2.08. The molecule has 1 aromatic carbocycles. The van der Waals surface area contributed by atoms with Crippen molar-refractivity contribution in [3.63, 3.8) is 0 Å². The van der Waals surface area contributed by atoms with Crippen molar-refractivity contribution < 1.29 is 9.53 Å². The zero-order valence-electron chi connectivity index (χ0n) is 7.37. The molecule has 0 amide bonds. The summed E-state index contributed by atoms with van der Waals surface area (Å²) in [6.45, 7) is 1.86. The Morgan fingerprint density at radius 2 is 2.08 bits per heavy atom. The minimum Gasteiger partial charge on any atom is -0.442 e. The first-order chi connectivity index (χ1) is 6.24. The molecular weight excluding hydrogens is 188 g/mol. The maximum Gasteiger partial charge on any atom is 0.339 e. The number of benzene rings is 1. The summed E-state index contributed by atoms with van der Waals surface area (Å²) < 4.78 is 4.91. The lowest BCUT2D eigenvalue weighted by atomic mass is 10.2. The van der Waals surface area contributed by atoms with E-state index in [1.807, 2.05) is 13.0 Å². The molecule has 0 spiro atoms. The van der Waals surface area contributed by atoms with Crippen LogP contribution in [0.1, 0.15) is 23.7 Å². The van der Waals surface area contributed by atoms with Crippen molar-refractivity contribution in [2.24, 2.45) is 0 Å². The standard InChI is InChI=1S/C10H11ClO2/c1-2-9(11)13-10(12)8-6-4-3-5-7-8/h3-7,9H,2H2,1H3/t9-/m0/s1. The minimum absolute atomic E-state index is 0.373. The van der Waals surface area contributed by atoms with Gasteiger partial charge in [0, 0.05) is 0 Å². The Balaban J connectivity index is 2.59. The zero-order valence-corrected chi connectivity index (χ0v) is 8.12. The molecule has 0 aromatic heterocycles. The minimum atomic E-state index is -0.535. The van der Waals surface area contributed by atoms with Crippen molar-refractivity contribution >= 4 is 17.6 Å². The van der Waals surface area contributed by atoms with Gasteiger partial charge >= 0.3 is 5.97 Å². The van der Waals surface area contributed by atoms with Gasteiger partial charge in [-0.15, -0.1) is 0 Å². The topological polar surface area (TPSA) is 26.3 Å². The summed E-state index contributed by atoms with van der Waals surface area (Å²) in [6, 6.07) is 8.80. The molecule has 1 rings (SSSR count). The molecular formula is C10H11ClO2. The number of halogens is 1. The predicted molar refractivity (Wildman–Crippen MR) is 51.8 cm³/mol. The summed E-state index contributed by atoms with van der Waals surface area (Å²) in [6.07, 6.45) is 0.611. The van der Waals surface area contributed by atoms with Gasteiger partial charge in [0.1, 0.15) is 0 Å². The van der Waals surface area contributed by atoms with E-state index in [0.29, 0.717) is 12.0 Å². The van der Waals surface area contributed by atoms with E-state index in [9.17, 15) is 4.79 Å². The fourth-order valence-electron chi connectivity index (χ4n) is 0.842. The molecule has 3 heteroatoms. The quantitative estimate of drug-likeness (QED) is 0.552. The van der Waals surface area contributed by atoms with Crippen LogP contribution in [0.4, 0.5) is 0 Å². The molecule has 0 bridgehead atoms. The Bertz CT molecular complexity index is 272. The number of carbonyl (C=O) groups excluding carboxylic acids is 1. The van der Waals surface area contributed by atoms with Crippen molar-refractivity contribution in [1.82, 2.24) is 0 Å². The van der Waals surface area contributed by atoms with Gasteiger partial charge in [0.15, 0.2) is 5.56 Å².